The highest BCUT2D eigenvalue weighted by molar-refractivity contribution is 9.10. The summed E-state index contributed by atoms with van der Waals surface area (Å²) < 4.78 is 14.6. The first kappa shape index (κ1) is 28.1. The molecule has 10 heteroatoms. The molecule has 3 amide bonds. The van der Waals surface area contributed by atoms with E-state index in [9.17, 15) is 14.0 Å². The zero-order valence-corrected chi connectivity index (χ0v) is 23.9. The lowest BCUT2D eigenvalue weighted by atomic mass is 10.1. The Balaban J connectivity index is 1.16. The monoisotopic (exact) mass is 608 g/mol. The number of benzene rings is 3. The summed E-state index contributed by atoms with van der Waals surface area (Å²) in [6, 6.07) is 20.5. The number of urea groups is 1. The topological polar surface area (TPSA) is 85.2 Å². The molecule has 3 N–H and O–H groups in total. The Morgan fingerprint density at radius 1 is 0.825 bits per heavy atom. The number of carbonyl (C=O) groups excluding carboxylic acids is 2. The van der Waals surface area contributed by atoms with Gasteiger partial charge < -0.3 is 20.9 Å². The number of hydrogen-bond donors (Lipinski definition) is 2. The van der Waals surface area contributed by atoms with Gasteiger partial charge in [0, 0.05) is 81.3 Å². The second kappa shape index (κ2) is 12.8. The predicted octanol–water partition coefficient (Wildman–Crippen LogP) is 4.36. The van der Waals surface area contributed by atoms with Crippen LogP contribution >= 0.6 is 15.9 Å². The molecule has 2 saturated heterocycles. The third kappa shape index (κ3) is 6.99. The van der Waals surface area contributed by atoms with Gasteiger partial charge in [-0.3, -0.25) is 14.6 Å². The molecule has 0 bridgehead atoms. The van der Waals surface area contributed by atoms with E-state index < -0.39 is 11.7 Å². The molecule has 2 fully saturated rings. The number of hydrogen-bond acceptors (Lipinski definition) is 5. The number of halogens is 2. The minimum atomic E-state index is -0.672. The maximum absolute atomic E-state index is 13.7. The maximum atomic E-state index is 13.7. The average molecular weight is 610 g/mol. The van der Waals surface area contributed by atoms with Gasteiger partial charge in [0.1, 0.15) is 5.82 Å². The molecule has 3 aromatic rings. The molecule has 0 saturated carbocycles. The molecule has 2 aliphatic heterocycles. The van der Waals surface area contributed by atoms with Crippen LogP contribution in [0.2, 0.25) is 0 Å². The zero-order chi connectivity index (χ0) is 28.1. The molecular weight excluding hydrogens is 575 g/mol. The number of carbonyl (C=O) groups is 2. The number of nitrogens with one attached hydrogen (secondary N) is 1. The van der Waals surface area contributed by atoms with Crippen LogP contribution in [-0.4, -0.2) is 79.0 Å². The summed E-state index contributed by atoms with van der Waals surface area (Å²) in [5.74, 6) is -1.18. The van der Waals surface area contributed by atoms with Crippen LogP contribution in [0.1, 0.15) is 21.5 Å². The highest BCUT2D eigenvalue weighted by Crippen LogP contribution is 2.26. The fraction of sp³-hybridized carbons (Fsp3) is 0.333. The van der Waals surface area contributed by atoms with Crippen molar-refractivity contribution in [2.24, 2.45) is 5.73 Å². The summed E-state index contributed by atoms with van der Waals surface area (Å²) in [6.07, 6.45) is 0. The minimum Gasteiger partial charge on any atom is -0.367 e. The number of piperazine rings is 2. The van der Waals surface area contributed by atoms with Crippen molar-refractivity contribution in [3.8, 4) is 0 Å². The van der Waals surface area contributed by atoms with E-state index in [0.29, 0.717) is 31.9 Å². The Labute approximate surface area is 242 Å². The summed E-state index contributed by atoms with van der Waals surface area (Å²) in [5.41, 5.74) is 9.41. The Morgan fingerprint density at radius 3 is 2.17 bits per heavy atom. The van der Waals surface area contributed by atoms with Crippen molar-refractivity contribution in [1.82, 2.24) is 14.7 Å². The summed E-state index contributed by atoms with van der Waals surface area (Å²) in [7, 11) is 0. The second-order valence-electron chi connectivity index (χ2n) is 10.3. The van der Waals surface area contributed by atoms with E-state index in [4.69, 9.17) is 5.73 Å². The molecule has 210 valence electrons. The molecular formula is C30H34BrFN6O2. The third-order valence-corrected chi connectivity index (χ3v) is 8.05. The Morgan fingerprint density at radius 2 is 1.50 bits per heavy atom. The molecule has 0 unspecified atom stereocenters. The molecule has 40 heavy (non-hydrogen) atoms. The second-order valence-corrected chi connectivity index (χ2v) is 11.2. The summed E-state index contributed by atoms with van der Waals surface area (Å²) in [6.45, 7) is 7.62. The van der Waals surface area contributed by atoms with Gasteiger partial charge in [0.25, 0.3) is 5.91 Å². The van der Waals surface area contributed by atoms with E-state index in [1.807, 2.05) is 23.1 Å². The van der Waals surface area contributed by atoms with Crippen molar-refractivity contribution in [2.45, 2.75) is 13.1 Å². The molecule has 0 atom stereocenters. The molecule has 5 rings (SSSR count). The van der Waals surface area contributed by atoms with Gasteiger partial charge in [-0.05, 0) is 41.5 Å². The van der Waals surface area contributed by atoms with Gasteiger partial charge in [-0.2, -0.15) is 0 Å². The minimum absolute atomic E-state index is 0.151. The van der Waals surface area contributed by atoms with Crippen LogP contribution in [-0.2, 0) is 13.1 Å². The lowest BCUT2D eigenvalue weighted by molar-refractivity contribution is 0.1000. The van der Waals surface area contributed by atoms with E-state index in [1.165, 1.54) is 11.6 Å². The average Bonchev–Trinajstić information content (AvgIpc) is 2.96. The molecule has 8 nitrogen and oxygen atoms in total. The van der Waals surface area contributed by atoms with Crippen molar-refractivity contribution in [3.63, 3.8) is 0 Å². The fourth-order valence-electron chi connectivity index (χ4n) is 5.32. The number of anilines is 2. The molecule has 2 aliphatic rings. The molecule has 0 aliphatic carbocycles. The molecule has 0 spiro atoms. The van der Waals surface area contributed by atoms with Gasteiger partial charge in [0.05, 0.1) is 5.56 Å². The highest BCUT2D eigenvalue weighted by atomic mass is 79.9. The molecule has 3 aromatic carbocycles. The number of amides is 3. The van der Waals surface area contributed by atoms with Crippen LogP contribution in [0.3, 0.4) is 0 Å². The molecule has 2 heterocycles. The number of nitrogens with two attached hydrogens (primary N) is 1. The molecule has 0 aromatic heterocycles. The lowest BCUT2D eigenvalue weighted by Gasteiger charge is -2.37. The van der Waals surface area contributed by atoms with Crippen LogP contribution in [0.25, 0.3) is 0 Å². The van der Waals surface area contributed by atoms with Crippen molar-refractivity contribution < 1.29 is 14.0 Å². The van der Waals surface area contributed by atoms with Crippen LogP contribution < -0.4 is 16.0 Å². The first-order valence-corrected chi connectivity index (χ1v) is 14.3. The normalized spacial score (nSPS) is 16.6. The van der Waals surface area contributed by atoms with Gasteiger partial charge in [-0.25, -0.2) is 9.18 Å². The van der Waals surface area contributed by atoms with Crippen LogP contribution in [0.15, 0.2) is 71.2 Å². The summed E-state index contributed by atoms with van der Waals surface area (Å²) in [5, 5.41) is 3.12. The predicted molar refractivity (Wildman–Crippen MR) is 159 cm³/mol. The SMILES string of the molecule is NC(=O)c1cc(F)ccc1N1CCN(C(=O)Nc2cc(Br)ccc2CN2CCN(Cc3ccccc3)CC2)CC1. The largest absolute Gasteiger partial charge is 0.367 e. The quantitative estimate of drug-likeness (QED) is 0.416. The van der Waals surface area contributed by atoms with Crippen LogP contribution in [0, 0.1) is 5.82 Å². The zero-order valence-electron chi connectivity index (χ0n) is 22.4. The molecule has 0 radical (unpaired) electrons. The van der Waals surface area contributed by atoms with Crippen molar-refractivity contribution in [3.05, 3.63) is 93.7 Å². The van der Waals surface area contributed by atoms with E-state index in [2.05, 4.69) is 61.4 Å². The number of rotatable bonds is 7. The first-order valence-electron chi connectivity index (χ1n) is 13.5. The van der Waals surface area contributed by atoms with Crippen LogP contribution in [0.4, 0.5) is 20.6 Å². The van der Waals surface area contributed by atoms with Gasteiger partial charge in [0.2, 0.25) is 0 Å². The standard InChI is InChI=1S/C30H34BrFN6O2/c31-24-7-6-23(21-36-12-10-35(11-13-36)20-22-4-2-1-3-5-22)27(18-24)34-30(40)38-16-14-37(15-17-38)28-9-8-25(32)19-26(28)29(33)39/h1-9,18-19H,10-17,20-21H2,(H2,33,39)(H,34,40). The van der Waals surface area contributed by atoms with E-state index >= 15 is 0 Å². The van der Waals surface area contributed by atoms with E-state index in [0.717, 1.165) is 61.1 Å². The van der Waals surface area contributed by atoms with Crippen molar-refractivity contribution in [1.29, 1.82) is 0 Å². The van der Waals surface area contributed by atoms with Gasteiger partial charge in [-0.15, -0.1) is 0 Å². The van der Waals surface area contributed by atoms with Gasteiger partial charge in [0.15, 0.2) is 0 Å². The van der Waals surface area contributed by atoms with E-state index in [-0.39, 0.29) is 11.6 Å². The van der Waals surface area contributed by atoms with Crippen molar-refractivity contribution in [2.75, 3.05) is 62.6 Å². The lowest BCUT2D eigenvalue weighted by Crippen LogP contribution is -2.50. The third-order valence-electron chi connectivity index (χ3n) is 7.55. The number of nitrogens with zero attached hydrogens (tertiary/aromatic N) is 4. The Bertz CT molecular complexity index is 1340. The van der Waals surface area contributed by atoms with Gasteiger partial charge in [-0.1, -0.05) is 52.3 Å². The van der Waals surface area contributed by atoms with Crippen LogP contribution in [0.5, 0.6) is 0 Å². The number of primary amides is 1. The highest BCUT2D eigenvalue weighted by Gasteiger charge is 2.25. The Kier molecular flexibility index (Phi) is 8.98. The fourth-order valence-corrected chi connectivity index (χ4v) is 5.68. The first-order chi connectivity index (χ1) is 19.4. The smallest absolute Gasteiger partial charge is 0.321 e. The van der Waals surface area contributed by atoms with Gasteiger partial charge >= 0.3 is 6.03 Å². The summed E-state index contributed by atoms with van der Waals surface area (Å²) in [4.78, 5) is 33.7. The summed E-state index contributed by atoms with van der Waals surface area (Å²) >= 11 is 3.55. The van der Waals surface area contributed by atoms with Crippen molar-refractivity contribution >= 4 is 39.2 Å². The maximum Gasteiger partial charge on any atom is 0.321 e. The van der Waals surface area contributed by atoms with E-state index in [1.54, 1.807) is 11.0 Å². The Hall–Kier alpha value is -3.47.